The van der Waals surface area contributed by atoms with Crippen LogP contribution in [0.2, 0.25) is 0 Å². The summed E-state index contributed by atoms with van der Waals surface area (Å²) in [4.78, 5) is 4.29. The zero-order valence-corrected chi connectivity index (χ0v) is 9.67. The van der Waals surface area contributed by atoms with Crippen molar-refractivity contribution < 1.29 is 9.84 Å². The van der Waals surface area contributed by atoms with Crippen molar-refractivity contribution in [1.29, 1.82) is 0 Å². The van der Waals surface area contributed by atoms with Gasteiger partial charge in [-0.05, 0) is 17.5 Å². The van der Waals surface area contributed by atoms with Gasteiger partial charge in [0.15, 0.2) is 0 Å². The molecule has 0 radical (unpaired) electrons. The van der Waals surface area contributed by atoms with Crippen molar-refractivity contribution >= 4 is 27.2 Å². The zero-order valence-electron chi connectivity index (χ0n) is 8.85. The van der Waals surface area contributed by atoms with Gasteiger partial charge in [0.1, 0.15) is 5.82 Å². The average molecular weight is 238 g/mol. The summed E-state index contributed by atoms with van der Waals surface area (Å²) in [5, 5.41) is 15.0. The lowest BCUT2D eigenvalue weighted by Gasteiger charge is -2.06. The van der Waals surface area contributed by atoms with E-state index in [9.17, 15) is 0 Å². The number of rotatable bonds is 6. The van der Waals surface area contributed by atoms with Gasteiger partial charge in [0, 0.05) is 22.8 Å². The van der Waals surface area contributed by atoms with Crippen LogP contribution < -0.4 is 5.32 Å². The minimum atomic E-state index is 0.0678. The Labute approximate surface area is 97.9 Å². The van der Waals surface area contributed by atoms with Gasteiger partial charge < -0.3 is 15.2 Å². The van der Waals surface area contributed by atoms with E-state index in [0.717, 1.165) is 11.2 Å². The maximum Gasteiger partial charge on any atom is 0.134 e. The minimum absolute atomic E-state index is 0.0678. The second-order valence-corrected chi connectivity index (χ2v) is 4.20. The molecular formula is C11H14N2O2S. The van der Waals surface area contributed by atoms with Crippen molar-refractivity contribution in [3.8, 4) is 0 Å². The van der Waals surface area contributed by atoms with E-state index < -0.39 is 0 Å². The Hall–Kier alpha value is -1.17. The normalized spacial score (nSPS) is 10.8. The van der Waals surface area contributed by atoms with Gasteiger partial charge in [0.2, 0.25) is 0 Å². The summed E-state index contributed by atoms with van der Waals surface area (Å²) >= 11 is 1.70. The lowest BCUT2D eigenvalue weighted by molar-refractivity contribution is 0.0992. The number of aromatic nitrogens is 1. The molecule has 0 aromatic carbocycles. The fraction of sp³-hybridized carbons (Fsp3) is 0.364. The molecule has 0 amide bonds. The van der Waals surface area contributed by atoms with Crippen molar-refractivity contribution in [3.05, 3.63) is 23.7 Å². The highest BCUT2D eigenvalue weighted by Gasteiger charge is 2.01. The number of thiophene rings is 1. The van der Waals surface area contributed by atoms with Gasteiger partial charge in [-0.25, -0.2) is 4.98 Å². The van der Waals surface area contributed by atoms with Crippen LogP contribution in [0.4, 0.5) is 5.82 Å². The lowest BCUT2D eigenvalue weighted by Crippen LogP contribution is -2.12. The van der Waals surface area contributed by atoms with Crippen LogP contribution in [0.3, 0.4) is 0 Å². The Bertz CT molecular complexity index is 444. The molecular weight excluding hydrogens is 224 g/mol. The fourth-order valence-electron chi connectivity index (χ4n) is 1.44. The second-order valence-electron chi connectivity index (χ2n) is 3.25. The van der Waals surface area contributed by atoms with Gasteiger partial charge in [-0.1, -0.05) is 0 Å². The van der Waals surface area contributed by atoms with Crippen LogP contribution in [0.15, 0.2) is 23.7 Å². The Morgan fingerprint density at radius 1 is 1.38 bits per heavy atom. The number of fused-ring (bicyclic) bond motifs is 1. The molecule has 2 aromatic heterocycles. The lowest BCUT2D eigenvalue weighted by atomic mass is 10.3. The smallest absolute Gasteiger partial charge is 0.134 e. The van der Waals surface area contributed by atoms with E-state index in [2.05, 4.69) is 21.7 Å². The third-order valence-electron chi connectivity index (χ3n) is 2.15. The molecule has 0 unspecified atom stereocenters. The highest BCUT2D eigenvalue weighted by Crippen LogP contribution is 2.25. The van der Waals surface area contributed by atoms with Crippen LogP contribution in [0.1, 0.15) is 0 Å². The Balaban J connectivity index is 1.91. The number of hydrogen-bond donors (Lipinski definition) is 2. The molecule has 2 aromatic rings. The first kappa shape index (κ1) is 11.3. The number of ether oxygens (including phenoxy) is 1. The zero-order chi connectivity index (χ0) is 11.2. The van der Waals surface area contributed by atoms with Crippen LogP contribution in [0.5, 0.6) is 0 Å². The molecule has 16 heavy (non-hydrogen) atoms. The maximum absolute atomic E-state index is 8.54. The first-order valence-electron chi connectivity index (χ1n) is 5.16. The number of aliphatic hydroxyl groups is 1. The predicted octanol–water partition coefficient (Wildman–Crippen LogP) is 1.72. The molecule has 2 rings (SSSR count). The molecule has 2 N–H and O–H groups in total. The summed E-state index contributed by atoms with van der Waals surface area (Å²) in [6, 6.07) is 4.07. The standard InChI is InChI=1S/C11H14N2O2S/c14-5-7-15-6-4-13-11-9-2-8-16-10(9)1-3-12-11/h1-3,8,14H,4-7H2,(H,12,13). The van der Waals surface area contributed by atoms with Crippen LogP contribution >= 0.6 is 11.3 Å². The van der Waals surface area contributed by atoms with E-state index in [-0.39, 0.29) is 6.61 Å². The third kappa shape index (κ3) is 2.69. The molecule has 0 spiro atoms. The summed E-state index contributed by atoms with van der Waals surface area (Å²) in [5.74, 6) is 0.895. The SMILES string of the molecule is OCCOCCNc1nccc2sccc12. The van der Waals surface area contributed by atoms with Crippen LogP contribution in [-0.2, 0) is 4.74 Å². The number of pyridine rings is 1. The molecule has 0 bridgehead atoms. The predicted molar refractivity (Wildman–Crippen MR) is 66.0 cm³/mol. The van der Waals surface area contributed by atoms with E-state index in [0.29, 0.717) is 19.8 Å². The number of aliphatic hydroxyl groups excluding tert-OH is 1. The molecule has 86 valence electrons. The second kappa shape index (κ2) is 5.79. The van der Waals surface area contributed by atoms with Crippen molar-refractivity contribution in [2.75, 3.05) is 31.7 Å². The highest BCUT2D eigenvalue weighted by molar-refractivity contribution is 7.17. The Kier molecular flexibility index (Phi) is 4.10. The molecule has 0 atom stereocenters. The molecule has 4 nitrogen and oxygen atoms in total. The molecule has 5 heteroatoms. The molecule has 0 saturated carbocycles. The fourth-order valence-corrected chi connectivity index (χ4v) is 2.23. The molecule has 0 aliphatic heterocycles. The molecule has 2 heterocycles. The first-order valence-corrected chi connectivity index (χ1v) is 6.04. The van der Waals surface area contributed by atoms with E-state index in [4.69, 9.17) is 9.84 Å². The summed E-state index contributed by atoms with van der Waals surface area (Å²) in [5.41, 5.74) is 0. The molecule has 0 fully saturated rings. The first-order chi connectivity index (χ1) is 7.92. The number of hydrogen-bond acceptors (Lipinski definition) is 5. The van der Waals surface area contributed by atoms with Gasteiger partial charge >= 0.3 is 0 Å². The summed E-state index contributed by atoms with van der Waals surface area (Å²) in [6.45, 7) is 1.72. The summed E-state index contributed by atoms with van der Waals surface area (Å²) in [7, 11) is 0. The molecule has 0 saturated heterocycles. The number of anilines is 1. The average Bonchev–Trinajstić information content (AvgIpc) is 2.77. The number of nitrogens with zero attached hydrogens (tertiary/aromatic N) is 1. The Morgan fingerprint density at radius 2 is 2.31 bits per heavy atom. The van der Waals surface area contributed by atoms with Gasteiger partial charge in [0.25, 0.3) is 0 Å². The topological polar surface area (TPSA) is 54.4 Å². The monoisotopic (exact) mass is 238 g/mol. The summed E-state index contributed by atoms with van der Waals surface area (Å²) < 4.78 is 6.39. The Morgan fingerprint density at radius 3 is 3.19 bits per heavy atom. The van der Waals surface area contributed by atoms with Crippen molar-refractivity contribution in [1.82, 2.24) is 4.98 Å². The maximum atomic E-state index is 8.54. The van der Waals surface area contributed by atoms with Crippen LogP contribution in [-0.4, -0.2) is 36.5 Å². The van der Waals surface area contributed by atoms with Gasteiger partial charge in [-0.3, -0.25) is 0 Å². The van der Waals surface area contributed by atoms with Gasteiger partial charge in [-0.15, -0.1) is 11.3 Å². The van der Waals surface area contributed by atoms with E-state index in [1.54, 1.807) is 17.5 Å². The van der Waals surface area contributed by atoms with E-state index in [1.807, 2.05) is 6.07 Å². The summed E-state index contributed by atoms with van der Waals surface area (Å²) in [6.07, 6.45) is 1.80. The largest absolute Gasteiger partial charge is 0.394 e. The number of nitrogens with one attached hydrogen (secondary N) is 1. The van der Waals surface area contributed by atoms with Crippen molar-refractivity contribution in [2.45, 2.75) is 0 Å². The molecule has 0 aliphatic rings. The van der Waals surface area contributed by atoms with E-state index in [1.165, 1.54) is 4.70 Å². The van der Waals surface area contributed by atoms with Gasteiger partial charge in [0.05, 0.1) is 19.8 Å². The minimum Gasteiger partial charge on any atom is -0.394 e. The van der Waals surface area contributed by atoms with Crippen LogP contribution in [0, 0.1) is 0 Å². The van der Waals surface area contributed by atoms with Crippen LogP contribution in [0.25, 0.3) is 10.1 Å². The highest BCUT2D eigenvalue weighted by atomic mass is 32.1. The van der Waals surface area contributed by atoms with E-state index >= 15 is 0 Å². The molecule has 0 aliphatic carbocycles. The van der Waals surface area contributed by atoms with Crippen molar-refractivity contribution in [3.63, 3.8) is 0 Å². The van der Waals surface area contributed by atoms with Crippen molar-refractivity contribution in [2.24, 2.45) is 0 Å². The van der Waals surface area contributed by atoms with Gasteiger partial charge in [-0.2, -0.15) is 0 Å². The third-order valence-corrected chi connectivity index (χ3v) is 3.04. The quantitative estimate of drug-likeness (QED) is 0.752.